The van der Waals surface area contributed by atoms with Crippen LogP contribution in [0.25, 0.3) is 0 Å². The van der Waals surface area contributed by atoms with Crippen molar-refractivity contribution in [1.29, 1.82) is 0 Å². The van der Waals surface area contributed by atoms with Gasteiger partial charge in [0, 0.05) is 19.5 Å². The summed E-state index contributed by atoms with van der Waals surface area (Å²) in [4.78, 5) is 52.1. The first kappa shape index (κ1) is 21.2. The summed E-state index contributed by atoms with van der Waals surface area (Å²) in [6.07, 6.45) is 1.53. The third-order valence-electron chi connectivity index (χ3n) is 6.68. The number of benzene rings is 2. The lowest BCUT2D eigenvalue weighted by Gasteiger charge is -2.34. The van der Waals surface area contributed by atoms with Gasteiger partial charge in [0.05, 0.1) is 16.8 Å². The predicted molar refractivity (Wildman–Crippen MR) is 114 cm³/mol. The van der Waals surface area contributed by atoms with E-state index >= 15 is 4.39 Å². The highest BCUT2D eigenvalue weighted by molar-refractivity contribution is 6.23. The van der Waals surface area contributed by atoms with E-state index in [0.717, 1.165) is 29.4 Å². The summed E-state index contributed by atoms with van der Waals surface area (Å²) in [5.74, 6) is -3.22. The molecule has 3 aliphatic heterocycles. The van der Waals surface area contributed by atoms with Crippen molar-refractivity contribution in [2.75, 3.05) is 18.0 Å². The van der Waals surface area contributed by atoms with Crippen molar-refractivity contribution in [3.63, 3.8) is 0 Å². The lowest BCUT2D eigenvalue weighted by atomic mass is 9.89. The molecular weight excluding hydrogens is 432 g/mol. The normalized spacial score (nSPS) is 21.5. The molecule has 0 radical (unpaired) electrons. The fraction of sp³-hybridized carbons (Fsp3) is 0.333. The van der Waals surface area contributed by atoms with Crippen LogP contribution >= 0.6 is 0 Å². The van der Waals surface area contributed by atoms with E-state index in [1.54, 1.807) is 12.1 Å². The molecular formula is C24H21F2N3O4. The number of nitrogens with zero attached hydrogens (tertiary/aromatic N) is 2. The van der Waals surface area contributed by atoms with Crippen LogP contribution in [0.5, 0.6) is 0 Å². The number of imide groups is 2. The topological polar surface area (TPSA) is 86.8 Å². The molecule has 33 heavy (non-hydrogen) atoms. The van der Waals surface area contributed by atoms with E-state index in [1.807, 2.05) is 4.90 Å². The van der Waals surface area contributed by atoms with Crippen molar-refractivity contribution < 1.29 is 28.0 Å². The van der Waals surface area contributed by atoms with Crippen LogP contribution in [-0.2, 0) is 9.59 Å². The van der Waals surface area contributed by atoms with E-state index in [2.05, 4.69) is 5.32 Å². The highest BCUT2D eigenvalue weighted by Crippen LogP contribution is 2.35. The number of hydrogen-bond acceptors (Lipinski definition) is 5. The summed E-state index contributed by atoms with van der Waals surface area (Å²) in [5.41, 5.74) is 1.25. The number of nitrogens with one attached hydrogen (secondary N) is 1. The lowest BCUT2D eigenvalue weighted by Crippen LogP contribution is -2.54. The number of fused-ring (bicyclic) bond motifs is 1. The number of carbonyl (C=O) groups is 4. The minimum atomic E-state index is -1.09. The van der Waals surface area contributed by atoms with Gasteiger partial charge in [0.15, 0.2) is 0 Å². The van der Waals surface area contributed by atoms with Crippen LogP contribution < -0.4 is 10.2 Å². The first-order valence-electron chi connectivity index (χ1n) is 10.9. The average molecular weight is 453 g/mol. The minimum absolute atomic E-state index is 0.0203. The number of carbonyl (C=O) groups excluding carboxylic acids is 4. The highest BCUT2D eigenvalue weighted by atomic mass is 19.1. The second-order valence-corrected chi connectivity index (χ2v) is 8.61. The van der Waals surface area contributed by atoms with E-state index in [-0.39, 0.29) is 41.4 Å². The Kier molecular flexibility index (Phi) is 5.19. The van der Waals surface area contributed by atoms with Crippen LogP contribution in [-0.4, -0.2) is 47.7 Å². The lowest BCUT2D eigenvalue weighted by molar-refractivity contribution is -0.136. The van der Waals surface area contributed by atoms with Crippen molar-refractivity contribution in [2.45, 2.75) is 37.6 Å². The molecule has 3 heterocycles. The van der Waals surface area contributed by atoms with E-state index in [1.165, 1.54) is 18.2 Å². The van der Waals surface area contributed by atoms with Crippen molar-refractivity contribution in [3.8, 4) is 0 Å². The summed E-state index contributed by atoms with van der Waals surface area (Å²) in [6, 6.07) is 7.74. The molecule has 4 amide bonds. The van der Waals surface area contributed by atoms with Crippen molar-refractivity contribution >= 4 is 29.3 Å². The van der Waals surface area contributed by atoms with Gasteiger partial charge in [0.2, 0.25) is 11.8 Å². The van der Waals surface area contributed by atoms with Gasteiger partial charge < -0.3 is 4.90 Å². The smallest absolute Gasteiger partial charge is 0.262 e. The molecule has 2 fully saturated rings. The van der Waals surface area contributed by atoms with Crippen molar-refractivity contribution in [1.82, 2.24) is 10.2 Å². The zero-order valence-corrected chi connectivity index (χ0v) is 17.6. The SMILES string of the molecule is O=C1CCC(N2C(=O)c3cc(F)c(N4CCC(c5ccc(F)cc5)CC4)cc3C2=O)C(=O)N1. The highest BCUT2D eigenvalue weighted by Gasteiger charge is 2.45. The Morgan fingerprint density at radius 1 is 0.848 bits per heavy atom. The Labute approximate surface area is 188 Å². The molecule has 9 heteroatoms. The van der Waals surface area contributed by atoms with Gasteiger partial charge >= 0.3 is 0 Å². The van der Waals surface area contributed by atoms with Crippen LogP contribution in [0.4, 0.5) is 14.5 Å². The quantitative estimate of drug-likeness (QED) is 0.723. The van der Waals surface area contributed by atoms with Crippen LogP contribution in [0.2, 0.25) is 0 Å². The number of amides is 4. The summed E-state index contributed by atoms with van der Waals surface area (Å²) in [7, 11) is 0. The van der Waals surface area contributed by atoms with Gasteiger partial charge in [-0.15, -0.1) is 0 Å². The summed E-state index contributed by atoms with van der Waals surface area (Å²) in [6.45, 7) is 1.08. The number of piperidine rings is 2. The van der Waals surface area contributed by atoms with Gasteiger partial charge in [-0.3, -0.25) is 29.4 Å². The van der Waals surface area contributed by atoms with Gasteiger partial charge in [0.1, 0.15) is 17.7 Å². The van der Waals surface area contributed by atoms with E-state index in [0.29, 0.717) is 13.1 Å². The second kappa shape index (κ2) is 8.06. The molecule has 0 spiro atoms. The average Bonchev–Trinajstić information content (AvgIpc) is 3.03. The second-order valence-electron chi connectivity index (χ2n) is 8.61. The molecule has 0 aliphatic carbocycles. The molecule has 0 aromatic heterocycles. The number of rotatable bonds is 3. The third-order valence-corrected chi connectivity index (χ3v) is 6.68. The zero-order valence-electron chi connectivity index (χ0n) is 17.6. The van der Waals surface area contributed by atoms with Gasteiger partial charge in [-0.1, -0.05) is 12.1 Å². The Bertz CT molecular complexity index is 1170. The molecule has 1 atom stereocenters. The monoisotopic (exact) mass is 453 g/mol. The maximum Gasteiger partial charge on any atom is 0.262 e. The summed E-state index contributed by atoms with van der Waals surface area (Å²) < 4.78 is 28.2. The number of halogens is 2. The molecule has 2 aromatic rings. The maximum absolute atomic E-state index is 15.0. The first-order valence-corrected chi connectivity index (χ1v) is 10.9. The fourth-order valence-corrected chi connectivity index (χ4v) is 4.91. The molecule has 2 saturated heterocycles. The fourth-order valence-electron chi connectivity index (χ4n) is 4.91. The molecule has 1 unspecified atom stereocenters. The number of anilines is 1. The van der Waals surface area contributed by atoms with Crippen molar-refractivity contribution in [3.05, 3.63) is 64.7 Å². The molecule has 3 aliphatic rings. The van der Waals surface area contributed by atoms with Gasteiger partial charge in [-0.05, 0) is 55.0 Å². The molecule has 170 valence electrons. The molecule has 1 N–H and O–H groups in total. The van der Waals surface area contributed by atoms with Gasteiger partial charge in [0.25, 0.3) is 11.8 Å². The summed E-state index contributed by atoms with van der Waals surface area (Å²) in [5, 5.41) is 2.14. The summed E-state index contributed by atoms with van der Waals surface area (Å²) >= 11 is 0. The first-order chi connectivity index (χ1) is 15.8. The molecule has 5 rings (SSSR count). The van der Waals surface area contributed by atoms with Crippen LogP contribution in [0.3, 0.4) is 0 Å². The Balaban J connectivity index is 1.36. The van der Waals surface area contributed by atoms with Crippen LogP contribution in [0.15, 0.2) is 36.4 Å². The van der Waals surface area contributed by atoms with E-state index in [9.17, 15) is 23.6 Å². The predicted octanol–water partition coefficient (Wildman–Crippen LogP) is 2.75. The molecule has 2 aromatic carbocycles. The van der Waals surface area contributed by atoms with Crippen LogP contribution in [0.1, 0.15) is 57.9 Å². The van der Waals surface area contributed by atoms with E-state index < -0.39 is 35.5 Å². The molecule has 7 nitrogen and oxygen atoms in total. The zero-order chi connectivity index (χ0) is 23.3. The third kappa shape index (κ3) is 3.67. The van der Waals surface area contributed by atoms with Crippen LogP contribution in [0, 0.1) is 11.6 Å². The maximum atomic E-state index is 15.0. The molecule has 0 saturated carbocycles. The van der Waals surface area contributed by atoms with Gasteiger partial charge in [-0.25, -0.2) is 8.78 Å². The van der Waals surface area contributed by atoms with E-state index in [4.69, 9.17) is 0 Å². The number of hydrogen-bond donors (Lipinski definition) is 1. The Hall–Kier alpha value is -3.62. The largest absolute Gasteiger partial charge is 0.369 e. The molecule has 0 bridgehead atoms. The van der Waals surface area contributed by atoms with Crippen molar-refractivity contribution in [2.24, 2.45) is 0 Å². The standard InChI is InChI=1S/C24H21F2N3O4/c25-15-3-1-13(2-4-15)14-7-9-28(10-8-14)20-12-17-16(11-18(20)26)23(32)29(24(17)33)19-5-6-21(30)27-22(19)31/h1-4,11-12,14,19H,5-10H2,(H,27,30,31). The Morgan fingerprint density at radius 3 is 2.12 bits per heavy atom. The van der Waals surface area contributed by atoms with Gasteiger partial charge in [-0.2, -0.15) is 0 Å². The minimum Gasteiger partial charge on any atom is -0.369 e. The Morgan fingerprint density at radius 2 is 1.48 bits per heavy atom.